The normalized spacial score (nSPS) is 13.7. The third-order valence-electron chi connectivity index (χ3n) is 3.20. The highest BCUT2D eigenvalue weighted by molar-refractivity contribution is 5.60. The van der Waals surface area contributed by atoms with E-state index in [0.29, 0.717) is 12.3 Å². The van der Waals surface area contributed by atoms with Crippen LogP contribution >= 0.6 is 0 Å². The molecule has 0 aliphatic carbocycles. The van der Waals surface area contributed by atoms with Gasteiger partial charge in [0.1, 0.15) is 0 Å². The quantitative estimate of drug-likeness (QED) is 0.653. The van der Waals surface area contributed by atoms with Gasteiger partial charge in [0.2, 0.25) is 12.5 Å². The average Bonchev–Trinajstić information content (AvgIpc) is 2.74. The molecule has 0 amide bonds. The number of fused-ring (bicyclic) bond motifs is 1. The van der Waals surface area contributed by atoms with Gasteiger partial charge in [-0.05, 0) is 30.0 Å². The average molecular weight is 252 g/mol. The van der Waals surface area contributed by atoms with Crippen LogP contribution in [0, 0.1) is 10.1 Å². The fraction of sp³-hybridized carbons (Fsp3) is 0.500. The zero-order valence-corrected chi connectivity index (χ0v) is 10.4. The summed E-state index contributed by atoms with van der Waals surface area (Å²) in [6.07, 6.45) is 0.740. The first-order valence-corrected chi connectivity index (χ1v) is 5.74. The molecule has 0 fully saturated rings. The van der Waals surface area contributed by atoms with Crippen LogP contribution < -0.4 is 15.2 Å². The van der Waals surface area contributed by atoms with Crippen molar-refractivity contribution in [1.82, 2.24) is 0 Å². The van der Waals surface area contributed by atoms with E-state index in [1.54, 1.807) is 12.1 Å². The molecule has 0 atom stereocenters. The summed E-state index contributed by atoms with van der Waals surface area (Å²) >= 11 is 0. The molecule has 2 N–H and O–H groups in total. The molecule has 1 aliphatic heterocycles. The number of hydrogen-bond acceptors (Lipinski definition) is 5. The van der Waals surface area contributed by atoms with Crippen molar-refractivity contribution in [2.45, 2.75) is 25.7 Å². The van der Waals surface area contributed by atoms with Gasteiger partial charge in [0.05, 0.1) is 4.92 Å². The Hall–Kier alpha value is -1.82. The van der Waals surface area contributed by atoms with E-state index < -0.39 is 4.92 Å². The fourth-order valence-corrected chi connectivity index (χ4v) is 2.02. The first-order chi connectivity index (χ1) is 8.45. The number of nitro groups is 1. The Kier molecular flexibility index (Phi) is 3.13. The predicted octanol–water partition coefficient (Wildman–Crippen LogP) is 1.95. The van der Waals surface area contributed by atoms with Crippen molar-refractivity contribution in [2.75, 3.05) is 13.3 Å². The Bertz CT molecular complexity index is 485. The van der Waals surface area contributed by atoms with Crippen LogP contribution in [-0.2, 0) is 5.41 Å². The molecule has 1 aromatic carbocycles. The monoisotopic (exact) mass is 252 g/mol. The second kappa shape index (κ2) is 4.45. The number of hydrogen-bond donors (Lipinski definition) is 1. The van der Waals surface area contributed by atoms with Crippen LogP contribution in [0.3, 0.4) is 0 Å². The van der Waals surface area contributed by atoms with E-state index in [0.717, 1.165) is 12.0 Å². The Labute approximate surface area is 105 Å². The first-order valence-electron chi connectivity index (χ1n) is 5.74. The van der Waals surface area contributed by atoms with Gasteiger partial charge in [-0.2, -0.15) is 0 Å². The maximum atomic E-state index is 11.0. The van der Waals surface area contributed by atoms with Crippen LogP contribution in [0.1, 0.15) is 25.8 Å². The van der Waals surface area contributed by atoms with Gasteiger partial charge in [-0.3, -0.25) is 10.1 Å². The van der Waals surface area contributed by atoms with E-state index in [1.807, 2.05) is 13.8 Å². The molecule has 6 nitrogen and oxygen atoms in total. The number of nitrogens with two attached hydrogens (primary N) is 1. The van der Waals surface area contributed by atoms with Crippen LogP contribution in [-0.4, -0.2) is 18.3 Å². The van der Waals surface area contributed by atoms with Crippen molar-refractivity contribution in [3.8, 4) is 11.5 Å². The Morgan fingerprint density at radius 1 is 1.44 bits per heavy atom. The molecule has 18 heavy (non-hydrogen) atoms. The predicted molar refractivity (Wildman–Crippen MR) is 65.9 cm³/mol. The summed E-state index contributed by atoms with van der Waals surface area (Å²) in [6, 6.07) is 3.34. The number of benzene rings is 1. The highest BCUT2D eigenvalue weighted by Crippen LogP contribution is 2.44. The Morgan fingerprint density at radius 3 is 2.78 bits per heavy atom. The SMILES string of the molecule is CC(C)(CCN)c1cc2c(c([N+](=O)[O-])c1)OCO2. The number of nitrogens with zero attached hydrogens (tertiary/aromatic N) is 1. The zero-order chi connectivity index (χ0) is 13.3. The molecule has 0 unspecified atom stereocenters. The second-order valence-corrected chi connectivity index (χ2v) is 4.91. The standard InChI is InChI=1S/C12H16N2O4/c1-12(2,3-4-13)8-5-9(14(15)16)11-10(6-8)17-7-18-11/h5-6H,3-4,7,13H2,1-2H3. The molecule has 0 spiro atoms. The van der Waals surface area contributed by atoms with Crippen molar-refractivity contribution in [1.29, 1.82) is 0 Å². The molecular weight excluding hydrogens is 236 g/mol. The van der Waals surface area contributed by atoms with Crippen molar-refractivity contribution < 1.29 is 14.4 Å². The lowest BCUT2D eigenvalue weighted by Gasteiger charge is -2.24. The molecule has 0 aromatic heterocycles. The minimum atomic E-state index is -0.449. The molecule has 0 saturated heterocycles. The molecule has 0 radical (unpaired) electrons. The van der Waals surface area contributed by atoms with Gasteiger partial charge in [0.15, 0.2) is 5.75 Å². The van der Waals surface area contributed by atoms with E-state index in [1.165, 1.54) is 0 Å². The number of ether oxygens (including phenoxy) is 2. The Balaban J connectivity index is 2.51. The third-order valence-corrected chi connectivity index (χ3v) is 3.20. The van der Waals surface area contributed by atoms with Gasteiger partial charge >= 0.3 is 5.69 Å². The van der Waals surface area contributed by atoms with Crippen LogP contribution in [0.4, 0.5) is 5.69 Å². The van der Waals surface area contributed by atoms with Crippen molar-refractivity contribution >= 4 is 5.69 Å². The summed E-state index contributed by atoms with van der Waals surface area (Å²) in [5, 5.41) is 11.0. The van der Waals surface area contributed by atoms with Gasteiger partial charge in [-0.1, -0.05) is 13.8 Å². The first kappa shape index (κ1) is 12.6. The van der Waals surface area contributed by atoms with E-state index in [4.69, 9.17) is 15.2 Å². The Morgan fingerprint density at radius 2 is 2.17 bits per heavy atom. The topological polar surface area (TPSA) is 87.6 Å². The summed E-state index contributed by atoms with van der Waals surface area (Å²) in [6.45, 7) is 4.55. The fourth-order valence-electron chi connectivity index (χ4n) is 2.02. The molecular formula is C12H16N2O4. The van der Waals surface area contributed by atoms with Gasteiger partial charge in [0, 0.05) is 6.07 Å². The molecule has 2 rings (SSSR count). The highest BCUT2D eigenvalue weighted by Gasteiger charge is 2.31. The van der Waals surface area contributed by atoms with E-state index in [9.17, 15) is 10.1 Å². The van der Waals surface area contributed by atoms with Crippen molar-refractivity contribution in [3.63, 3.8) is 0 Å². The molecule has 1 heterocycles. The molecule has 98 valence electrons. The lowest BCUT2D eigenvalue weighted by atomic mass is 9.81. The van der Waals surface area contributed by atoms with Crippen LogP contribution in [0.2, 0.25) is 0 Å². The van der Waals surface area contributed by atoms with Crippen molar-refractivity contribution in [3.05, 3.63) is 27.8 Å². The smallest absolute Gasteiger partial charge is 0.315 e. The van der Waals surface area contributed by atoms with Crippen LogP contribution in [0.15, 0.2) is 12.1 Å². The molecule has 6 heteroatoms. The molecule has 0 saturated carbocycles. The van der Waals surface area contributed by atoms with Gasteiger partial charge < -0.3 is 15.2 Å². The van der Waals surface area contributed by atoms with Gasteiger partial charge in [-0.15, -0.1) is 0 Å². The lowest BCUT2D eigenvalue weighted by molar-refractivity contribution is -0.385. The second-order valence-electron chi connectivity index (χ2n) is 4.91. The molecule has 0 bridgehead atoms. The minimum absolute atomic E-state index is 0.0247. The van der Waals surface area contributed by atoms with Crippen molar-refractivity contribution in [2.24, 2.45) is 5.73 Å². The number of nitro benzene ring substituents is 1. The third kappa shape index (κ3) is 2.11. The lowest BCUT2D eigenvalue weighted by Crippen LogP contribution is -2.21. The summed E-state index contributed by atoms with van der Waals surface area (Å²) < 4.78 is 10.4. The zero-order valence-electron chi connectivity index (χ0n) is 10.4. The highest BCUT2D eigenvalue weighted by atomic mass is 16.7. The summed E-state index contributed by atoms with van der Waals surface area (Å²) in [5.74, 6) is 0.650. The van der Waals surface area contributed by atoms with E-state index in [2.05, 4.69) is 0 Å². The minimum Gasteiger partial charge on any atom is -0.453 e. The number of rotatable bonds is 4. The molecule has 1 aromatic rings. The summed E-state index contributed by atoms with van der Waals surface area (Å²) in [4.78, 5) is 10.6. The van der Waals surface area contributed by atoms with Gasteiger partial charge in [-0.25, -0.2) is 0 Å². The summed E-state index contributed by atoms with van der Waals surface area (Å²) in [5.41, 5.74) is 6.12. The van der Waals surface area contributed by atoms with E-state index >= 15 is 0 Å². The van der Waals surface area contributed by atoms with E-state index in [-0.39, 0.29) is 23.6 Å². The molecule has 1 aliphatic rings. The van der Waals surface area contributed by atoms with Crippen LogP contribution in [0.5, 0.6) is 11.5 Å². The maximum Gasteiger partial charge on any atom is 0.315 e. The van der Waals surface area contributed by atoms with Gasteiger partial charge in [0.25, 0.3) is 0 Å². The summed E-state index contributed by atoms with van der Waals surface area (Å²) in [7, 11) is 0. The van der Waals surface area contributed by atoms with Crippen LogP contribution in [0.25, 0.3) is 0 Å². The largest absolute Gasteiger partial charge is 0.453 e. The maximum absolute atomic E-state index is 11.0.